The molecule has 1 atom stereocenters. The second-order valence-electron chi connectivity index (χ2n) is 5.03. The molecule has 0 aliphatic heterocycles. The summed E-state index contributed by atoms with van der Waals surface area (Å²) in [6.07, 6.45) is 2.59. The molecule has 2 amide bonds. The fourth-order valence-corrected chi connectivity index (χ4v) is 1.98. The van der Waals surface area contributed by atoms with Gasteiger partial charge in [-0.25, -0.2) is 4.79 Å². The lowest BCUT2D eigenvalue weighted by molar-refractivity contribution is 0.252. The highest BCUT2D eigenvalue weighted by Crippen LogP contribution is 2.15. The van der Waals surface area contributed by atoms with E-state index in [4.69, 9.17) is 5.73 Å². The molecule has 0 bridgehead atoms. The molecule has 2 aromatic rings. The number of nitrogens with two attached hydrogens (primary N) is 1. The predicted molar refractivity (Wildman–Crippen MR) is 83.0 cm³/mol. The lowest BCUT2D eigenvalue weighted by Crippen LogP contribution is -2.30. The summed E-state index contributed by atoms with van der Waals surface area (Å²) in [5, 5.41) is 9.86. The van der Waals surface area contributed by atoms with Gasteiger partial charge in [0.25, 0.3) is 0 Å². The molecule has 0 aliphatic rings. The SMILES string of the molecule is CC(N)c1cccc(NC(=O)NCCc2ccn(C)n2)c1. The summed E-state index contributed by atoms with van der Waals surface area (Å²) >= 11 is 0. The molecule has 0 radical (unpaired) electrons. The number of benzene rings is 1. The van der Waals surface area contributed by atoms with Crippen molar-refractivity contribution in [2.75, 3.05) is 11.9 Å². The molecule has 112 valence electrons. The molecule has 0 aliphatic carbocycles. The Morgan fingerprint density at radius 2 is 2.24 bits per heavy atom. The molecule has 1 aromatic heterocycles. The third-order valence-electron chi connectivity index (χ3n) is 3.11. The van der Waals surface area contributed by atoms with Crippen LogP contribution < -0.4 is 16.4 Å². The summed E-state index contributed by atoms with van der Waals surface area (Å²) in [6, 6.07) is 9.18. The van der Waals surface area contributed by atoms with Crippen LogP contribution in [0.2, 0.25) is 0 Å². The van der Waals surface area contributed by atoms with Crippen LogP contribution in [0.25, 0.3) is 0 Å². The number of rotatable bonds is 5. The minimum absolute atomic E-state index is 0.0565. The van der Waals surface area contributed by atoms with E-state index in [0.717, 1.165) is 16.9 Å². The first-order valence-corrected chi connectivity index (χ1v) is 6.93. The number of carbonyl (C=O) groups excluding carboxylic acids is 1. The third kappa shape index (κ3) is 4.61. The van der Waals surface area contributed by atoms with E-state index in [-0.39, 0.29) is 12.1 Å². The summed E-state index contributed by atoms with van der Waals surface area (Å²) in [5.74, 6) is 0. The molecule has 2 rings (SSSR count). The first-order valence-electron chi connectivity index (χ1n) is 6.93. The van der Waals surface area contributed by atoms with Gasteiger partial charge in [-0.3, -0.25) is 4.68 Å². The van der Waals surface area contributed by atoms with Crippen molar-refractivity contribution in [1.82, 2.24) is 15.1 Å². The van der Waals surface area contributed by atoms with Crippen LogP contribution in [0.1, 0.15) is 24.2 Å². The van der Waals surface area contributed by atoms with Crippen molar-refractivity contribution in [3.8, 4) is 0 Å². The van der Waals surface area contributed by atoms with E-state index in [9.17, 15) is 4.79 Å². The summed E-state index contributed by atoms with van der Waals surface area (Å²) in [7, 11) is 1.87. The minimum atomic E-state index is -0.229. The zero-order chi connectivity index (χ0) is 15.2. The molecule has 1 unspecified atom stereocenters. The molecule has 1 aromatic carbocycles. The van der Waals surface area contributed by atoms with Crippen molar-refractivity contribution in [2.24, 2.45) is 12.8 Å². The summed E-state index contributed by atoms with van der Waals surface area (Å²) in [6.45, 7) is 2.45. The number of amides is 2. The highest BCUT2D eigenvalue weighted by Gasteiger charge is 2.04. The van der Waals surface area contributed by atoms with Crippen molar-refractivity contribution >= 4 is 11.7 Å². The van der Waals surface area contributed by atoms with Crippen LogP contribution in [0.4, 0.5) is 10.5 Å². The van der Waals surface area contributed by atoms with Crippen LogP contribution in [0.15, 0.2) is 36.5 Å². The second kappa shape index (κ2) is 6.90. The van der Waals surface area contributed by atoms with E-state index in [2.05, 4.69) is 15.7 Å². The van der Waals surface area contributed by atoms with E-state index < -0.39 is 0 Å². The zero-order valence-corrected chi connectivity index (χ0v) is 12.3. The molecule has 21 heavy (non-hydrogen) atoms. The fourth-order valence-electron chi connectivity index (χ4n) is 1.98. The predicted octanol–water partition coefficient (Wildman–Crippen LogP) is 1.80. The number of carbonyl (C=O) groups is 1. The van der Waals surface area contributed by atoms with E-state index >= 15 is 0 Å². The monoisotopic (exact) mass is 287 g/mol. The Hall–Kier alpha value is -2.34. The van der Waals surface area contributed by atoms with Gasteiger partial charge in [0, 0.05) is 37.9 Å². The summed E-state index contributed by atoms with van der Waals surface area (Å²) in [5.41, 5.74) is 8.50. The molecule has 1 heterocycles. The topological polar surface area (TPSA) is 85.0 Å². The molecule has 6 heteroatoms. The number of nitrogens with one attached hydrogen (secondary N) is 2. The van der Waals surface area contributed by atoms with E-state index in [1.807, 2.05) is 50.5 Å². The molecule has 6 nitrogen and oxygen atoms in total. The maximum Gasteiger partial charge on any atom is 0.319 e. The Balaban J connectivity index is 1.80. The smallest absolute Gasteiger partial charge is 0.319 e. The molecule has 0 saturated heterocycles. The quantitative estimate of drug-likeness (QED) is 0.784. The molecule has 0 spiro atoms. The van der Waals surface area contributed by atoms with Gasteiger partial charge < -0.3 is 16.4 Å². The normalized spacial score (nSPS) is 12.0. The van der Waals surface area contributed by atoms with E-state index in [0.29, 0.717) is 13.0 Å². The van der Waals surface area contributed by atoms with Crippen molar-refractivity contribution < 1.29 is 4.79 Å². The zero-order valence-electron chi connectivity index (χ0n) is 12.3. The third-order valence-corrected chi connectivity index (χ3v) is 3.11. The van der Waals surface area contributed by atoms with Crippen LogP contribution in [0.3, 0.4) is 0 Å². The van der Waals surface area contributed by atoms with Crippen molar-refractivity contribution in [2.45, 2.75) is 19.4 Å². The molecule has 0 saturated carbocycles. The Labute approximate surface area is 124 Å². The van der Waals surface area contributed by atoms with Gasteiger partial charge in [-0.1, -0.05) is 12.1 Å². The highest BCUT2D eigenvalue weighted by atomic mass is 16.2. The van der Waals surface area contributed by atoms with Gasteiger partial charge in [0.1, 0.15) is 0 Å². The van der Waals surface area contributed by atoms with E-state index in [1.165, 1.54) is 0 Å². The number of hydrogen-bond donors (Lipinski definition) is 3. The largest absolute Gasteiger partial charge is 0.337 e. The highest BCUT2D eigenvalue weighted by molar-refractivity contribution is 5.89. The van der Waals surface area contributed by atoms with Gasteiger partial charge in [0.15, 0.2) is 0 Å². The number of hydrogen-bond acceptors (Lipinski definition) is 3. The molecular formula is C15H21N5O. The van der Waals surface area contributed by atoms with Gasteiger partial charge in [-0.2, -0.15) is 5.10 Å². The lowest BCUT2D eigenvalue weighted by Gasteiger charge is -2.10. The second-order valence-corrected chi connectivity index (χ2v) is 5.03. The first-order chi connectivity index (χ1) is 10.0. The first kappa shape index (κ1) is 15.1. The van der Waals surface area contributed by atoms with Crippen LogP contribution >= 0.6 is 0 Å². The van der Waals surface area contributed by atoms with E-state index in [1.54, 1.807) is 4.68 Å². The number of aryl methyl sites for hydroxylation is 1. The Kier molecular flexibility index (Phi) is 4.94. The Morgan fingerprint density at radius 1 is 1.43 bits per heavy atom. The maximum absolute atomic E-state index is 11.8. The Morgan fingerprint density at radius 3 is 2.90 bits per heavy atom. The van der Waals surface area contributed by atoms with Crippen LogP contribution in [-0.4, -0.2) is 22.4 Å². The number of nitrogens with zero attached hydrogens (tertiary/aromatic N) is 2. The summed E-state index contributed by atoms with van der Waals surface area (Å²) < 4.78 is 1.74. The van der Waals surface area contributed by atoms with Crippen LogP contribution in [-0.2, 0) is 13.5 Å². The number of aromatic nitrogens is 2. The number of urea groups is 1. The van der Waals surface area contributed by atoms with Crippen molar-refractivity contribution in [1.29, 1.82) is 0 Å². The minimum Gasteiger partial charge on any atom is -0.337 e. The molecule has 4 N–H and O–H groups in total. The standard InChI is InChI=1S/C15H21N5O/c1-11(16)12-4-3-5-14(10-12)18-15(21)17-8-6-13-7-9-20(2)19-13/h3-5,7,9-11H,6,8,16H2,1-2H3,(H2,17,18,21). The summed E-state index contributed by atoms with van der Waals surface area (Å²) in [4.78, 5) is 11.8. The van der Waals surface area contributed by atoms with Gasteiger partial charge in [-0.15, -0.1) is 0 Å². The maximum atomic E-state index is 11.8. The fraction of sp³-hybridized carbons (Fsp3) is 0.333. The van der Waals surface area contributed by atoms with Gasteiger partial charge >= 0.3 is 6.03 Å². The van der Waals surface area contributed by atoms with Gasteiger partial charge in [0.05, 0.1) is 5.69 Å². The average molecular weight is 287 g/mol. The molecule has 0 fully saturated rings. The van der Waals surface area contributed by atoms with Crippen LogP contribution in [0, 0.1) is 0 Å². The van der Waals surface area contributed by atoms with Crippen LogP contribution in [0.5, 0.6) is 0 Å². The Bertz CT molecular complexity index is 606. The van der Waals surface area contributed by atoms with Crippen molar-refractivity contribution in [3.63, 3.8) is 0 Å². The lowest BCUT2D eigenvalue weighted by atomic mass is 10.1. The van der Waals surface area contributed by atoms with Gasteiger partial charge in [-0.05, 0) is 30.7 Å². The number of anilines is 1. The average Bonchev–Trinajstić information content (AvgIpc) is 2.84. The van der Waals surface area contributed by atoms with Gasteiger partial charge in [0.2, 0.25) is 0 Å². The van der Waals surface area contributed by atoms with Crippen molar-refractivity contribution in [3.05, 3.63) is 47.8 Å². The molecular weight excluding hydrogens is 266 g/mol.